The van der Waals surface area contributed by atoms with Gasteiger partial charge in [0.25, 0.3) is 0 Å². The molecule has 0 fully saturated rings. The number of aryl methyl sites for hydroxylation is 1. The molecule has 0 unspecified atom stereocenters. The van der Waals surface area contributed by atoms with E-state index in [1.165, 1.54) is 11.8 Å². The zero-order chi connectivity index (χ0) is 21.8. The van der Waals surface area contributed by atoms with E-state index in [1.807, 2.05) is 52.9 Å². The number of carbonyl (C=O) groups excluding carboxylic acids is 2. The first-order valence-corrected chi connectivity index (χ1v) is 11.9. The molecule has 1 atom stereocenters. The van der Waals surface area contributed by atoms with Gasteiger partial charge < -0.3 is 15.2 Å². The molecule has 2 aromatic carbocycles. The molecule has 9 heteroatoms. The van der Waals surface area contributed by atoms with Crippen molar-refractivity contribution >= 4 is 41.0 Å². The molecule has 0 radical (unpaired) electrons. The molecule has 0 aliphatic carbocycles. The number of para-hydroxylation sites is 1. The van der Waals surface area contributed by atoms with Gasteiger partial charge in [0.1, 0.15) is 5.82 Å². The van der Waals surface area contributed by atoms with E-state index in [4.69, 9.17) is 5.73 Å². The van der Waals surface area contributed by atoms with Crippen molar-refractivity contribution in [1.29, 1.82) is 0 Å². The number of hydrogen-bond donors (Lipinski definition) is 1. The van der Waals surface area contributed by atoms with Crippen LogP contribution in [-0.2, 0) is 23.1 Å². The molecule has 160 valence electrons. The number of hydrogen-bond acceptors (Lipinski definition) is 6. The van der Waals surface area contributed by atoms with Crippen molar-refractivity contribution in [3.05, 3.63) is 66.0 Å². The fourth-order valence-electron chi connectivity index (χ4n) is 3.54. The molecule has 1 aliphatic heterocycles. The Bertz CT molecular complexity index is 1090. The molecule has 0 spiro atoms. The number of nitrogens with two attached hydrogens (primary N) is 1. The Balaban J connectivity index is 1.53. The van der Waals surface area contributed by atoms with E-state index in [-0.39, 0.29) is 30.0 Å². The lowest BCUT2D eigenvalue weighted by atomic mass is 10.1. The maximum absolute atomic E-state index is 13.4. The van der Waals surface area contributed by atoms with Crippen LogP contribution in [0.25, 0.3) is 0 Å². The first-order valence-electron chi connectivity index (χ1n) is 9.93. The number of anilines is 1. The van der Waals surface area contributed by atoms with E-state index in [1.54, 1.807) is 11.8 Å². The molecule has 4 rings (SSSR count). The summed E-state index contributed by atoms with van der Waals surface area (Å²) in [6.07, 6.45) is 0.650. The summed E-state index contributed by atoms with van der Waals surface area (Å²) in [7, 11) is 1.84. The van der Waals surface area contributed by atoms with Crippen molar-refractivity contribution < 1.29 is 9.59 Å². The molecule has 2 N–H and O–H groups in total. The fraction of sp³-hybridized carbons (Fsp3) is 0.273. The predicted molar refractivity (Wildman–Crippen MR) is 123 cm³/mol. The molecule has 31 heavy (non-hydrogen) atoms. The van der Waals surface area contributed by atoms with Gasteiger partial charge in [0.15, 0.2) is 5.16 Å². The number of benzene rings is 2. The number of primary amides is 1. The van der Waals surface area contributed by atoms with E-state index in [2.05, 4.69) is 28.4 Å². The van der Waals surface area contributed by atoms with Crippen molar-refractivity contribution in [2.45, 2.75) is 28.9 Å². The highest BCUT2D eigenvalue weighted by Gasteiger charge is 2.32. The van der Waals surface area contributed by atoms with Crippen molar-refractivity contribution in [1.82, 2.24) is 14.8 Å². The molecule has 0 bridgehead atoms. The molecular weight excluding hydrogens is 430 g/mol. The number of nitrogens with zero attached hydrogens (tertiary/aromatic N) is 4. The lowest BCUT2D eigenvalue weighted by molar-refractivity contribution is -0.118. The molecule has 3 aromatic rings. The minimum Gasteiger partial charge on any atom is -0.370 e. The van der Waals surface area contributed by atoms with Crippen molar-refractivity contribution in [2.75, 3.05) is 16.4 Å². The standard InChI is InChI=1S/C22H23N5O2S2/c1-26-20(12-11-19(23)28)24-25-22(26)31-14-21(29)27-16-9-5-6-10-18(16)30-13-17(27)15-7-3-2-4-8-15/h2-10,17H,11-14H2,1H3,(H2,23,28)/t17-/m1/s1. The number of aromatic nitrogens is 3. The van der Waals surface area contributed by atoms with E-state index in [0.29, 0.717) is 17.4 Å². The summed E-state index contributed by atoms with van der Waals surface area (Å²) in [5.74, 6) is 1.37. The lowest BCUT2D eigenvalue weighted by Crippen LogP contribution is -2.39. The van der Waals surface area contributed by atoms with Crippen LogP contribution in [-0.4, -0.2) is 38.1 Å². The van der Waals surface area contributed by atoms with Crippen LogP contribution in [0.3, 0.4) is 0 Å². The Labute approximate surface area is 189 Å². The largest absolute Gasteiger partial charge is 0.370 e. The first-order chi connectivity index (χ1) is 15.0. The van der Waals surface area contributed by atoms with Crippen LogP contribution in [0.5, 0.6) is 0 Å². The van der Waals surface area contributed by atoms with Gasteiger partial charge in [0.05, 0.1) is 17.5 Å². The van der Waals surface area contributed by atoms with Crippen LogP contribution in [0.2, 0.25) is 0 Å². The smallest absolute Gasteiger partial charge is 0.238 e. The van der Waals surface area contributed by atoms with Crippen LogP contribution >= 0.6 is 23.5 Å². The van der Waals surface area contributed by atoms with Crippen LogP contribution in [0.1, 0.15) is 23.9 Å². The normalized spacial score (nSPS) is 15.5. The number of carbonyl (C=O) groups is 2. The average Bonchev–Trinajstić information content (AvgIpc) is 3.15. The van der Waals surface area contributed by atoms with E-state index in [0.717, 1.165) is 21.9 Å². The Hall–Kier alpha value is -2.78. The highest BCUT2D eigenvalue weighted by atomic mass is 32.2. The minimum absolute atomic E-state index is 0.0216. The second-order valence-corrected chi connectivity index (χ2v) is 9.19. The fourth-order valence-corrected chi connectivity index (χ4v) is 5.49. The van der Waals surface area contributed by atoms with Gasteiger partial charge in [0.2, 0.25) is 11.8 Å². The Kier molecular flexibility index (Phi) is 6.62. The van der Waals surface area contributed by atoms with E-state index < -0.39 is 0 Å². The predicted octanol–water partition coefficient (Wildman–Crippen LogP) is 3.21. The molecular formula is C22H23N5O2S2. The van der Waals surface area contributed by atoms with Gasteiger partial charge >= 0.3 is 0 Å². The Morgan fingerprint density at radius 1 is 1.13 bits per heavy atom. The quantitative estimate of drug-likeness (QED) is 0.552. The minimum atomic E-state index is -0.374. The highest BCUT2D eigenvalue weighted by molar-refractivity contribution is 8.00. The monoisotopic (exact) mass is 453 g/mol. The van der Waals surface area contributed by atoms with Gasteiger partial charge in [-0.1, -0.05) is 54.2 Å². The van der Waals surface area contributed by atoms with Crippen molar-refractivity contribution in [3.8, 4) is 0 Å². The summed E-state index contributed by atoms with van der Waals surface area (Å²) in [6.45, 7) is 0. The van der Waals surface area contributed by atoms with Crippen molar-refractivity contribution in [3.63, 3.8) is 0 Å². The van der Waals surface area contributed by atoms with Crippen LogP contribution in [0, 0.1) is 0 Å². The topological polar surface area (TPSA) is 94.1 Å². The highest BCUT2D eigenvalue weighted by Crippen LogP contribution is 2.43. The SMILES string of the molecule is Cn1c(CCC(N)=O)nnc1SCC(=O)N1c2ccccc2SC[C@@H]1c1ccccc1. The third-order valence-corrected chi connectivity index (χ3v) is 7.27. The third-order valence-electron chi connectivity index (χ3n) is 5.13. The summed E-state index contributed by atoms with van der Waals surface area (Å²) in [6, 6.07) is 18.1. The van der Waals surface area contributed by atoms with Gasteiger partial charge in [-0.15, -0.1) is 22.0 Å². The van der Waals surface area contributed by atoms with Gasteiger partial charge in [-0.25, -0.2) is 0 Å². The van der Waals surface area contributed by atoms with Crippen LogP contribution in [0.15, 0.2) is 64.6 Å². The number of amides is 2. The molecule has 1 aliphatic rings. The molecule has 2 heterocycles. The molecule has 2 amide bonds. The van der Waals surface area contributed by atoms with Gasteiger partial charge in [-0.2, -0.15) is 0 Å². The molecule has 0 saturated heterocycles. The third kappa shape index (κ3) is 4.77. The van der Waals surface area contributed by atoms with Gasteiger partial charge in [-0.05, 0) is 17.7 Å². The average molecular weight is 454 g/mol. The summed E-state index contributed by atoms with van der Waals surface area (Å²) in [4.78, 5) is 27.5. The molecule has 7 nitrogen and oxygen atoms in total. The second-order valence-electron chi connectivity index (χ2n) is 7.18. The summed E-state index contributed by atoms with van der Waals surface area (Å²) >= 11 is 3.13. The van der Waals surface area contributed by atoms with Gasteiger partial charge in [-0.3, -0.25) is 9.59 Å². The lowest BCUT2D eigenvalue weighted by Gasteiger charge is -2.37. The molecule has 0 saturated carbocycles. The van der Waals surface area contributed by atoms with E-state index >= 15 is 0 Å². The maximum Gasteiger partial charge on any atom is 0.238 e. The summed E-state index contributed by atoms with van der Waals surface area (Å²) < 4.78 is 1.82. The summed E-state index contributed by atoms with van der Waals surface area (Å²) in [5, 5.41) is 8.96. The maximum atomic E-state index is 13.4. The van der Waals surface area contributed by atoms with Crippen LogP contribution < -0.4 is 10.6 Å². The first kappa shape index (κ1) is 21.5. The van der Waals surface area contributed by atoms with Crippen LogP contribution in [0.4, 0.5) is 5.69 Å². The number of thioether (sulfide) groups is 2. The summed E-state index contributed by atoms with van der Waals surface area (Å²) in [5.41, 5.74) is 7.29. The van der Waals surface area contributed by atoms with Crippen molar-refractivity contribution in [2.24, 2.45) is 12.8 Å². The zero-order valence-electron chi connectivity index (χ0n) is 17.1. The second kappa shape index (κ2) is 9.57. The van der Waals surface area contributed by atoms with Gasteiger partial charge in [0, 0.05) is 30.5 Å². The number of rotatable bonds is 7. The van der Waals surface area contributed by atoms with E-state index in [9.17, 15) is 9.59 Å². The zero-order valence-corrected chi connectivity index (χ0v) is 18.7. The Morgan fingerprint density at radius 3 is 2.65 bits per heavy atom. The Morgan fingerprint density at radius 2 is 1.87 bits per heavy atom. The molecule has 1 aromatic heterocycles. The number of fused-ring (bicyclic) bond motifs is 1.